The first kappa shape index (κ1) is 13.2. The zero-order valence-electron chi connectivity index (χ0n) is 10.7. The van der Waals surface area contributed by atoms with Crippen LogP contribution in [0.3, 0.4) is 0 Å². The van der Waals surface area contributed by atoms with Crippen molar-refractivity contribution in [1.82, 2.24) is 9.03 Å². The van der Waals surface area contributed by atoms with Crippen molar-refractivity contribution in [2.75, 3.05) is 6.54 Å². The Morgan fingerprint density at radius 1 is 1.20 bits per heavy atom. The molecular weight excluding hydrogens is 276 g/mol. The summed E-state index contributed by atoms with van der Waals surface area (Å²) in [6.07, 6.45) is 0.626. The third-order valence-corrected chi connectivity index (χ3v) is 4.99. The van der Waals surface area contributed by atoms with Gasteiger partial charge in [-0.1, -0.05) is 42.5 Å². The van der Waals surface area contributed by atoms with Crippen molar-refractivity contribution in [2.45, 2.75) is 12.6 Å². The van der Waals surface area contributed by atoms with E-state index in [9.17, 15) is 13.2 Å². The Morgan fingerprint density at radius 3 is 2.70 bits per heavy atom. The van der Waals surface area contributed by atoms with Crippen LogP contribution in [0.15, 0.2) is 42.5 Å². The highest BCUT2D eigenvalue weighted by atomic mass is 32.2. The second kappa shape index (κ2) is 4.97. The fourth-order valence-corrected chi connectivity index (χ4v) is 3.79. The van der Waals surface area contributed by atoms with E-state index in [0.717, 1.165) is 16.3 Å². The molecule has 1 heterocycles. The summed E-state index contributed by atoms with van der Waals surface area (Å²) >= 11 is 0. The molecule has 2 aromatic rings. The van der Waals surface area contributed by atoms with Crippen LogP contribution in [0.1, 0.15) is 5.56 Å². The van der Waals surface area contributed by atoms with Gasteiger partial charge in [-0.25, -0.2) is 0 Å². The molecule has 5 nitrogen and oxygen atoms in total. The molecule has 6 heteroatoms. The van der Waals surface area contributed by atoms with Crippen LogP contribution in [0, 0.1) is 0 Å². The van der Waals surface area contributed by atoms with Gasteiger partial charge in [0.25, 0.3) is 10.2 Å². The van der Waals surface area contributed by atoms with Crippen LogP contribution in [0.5, 0.6) is 0 Å². The number of nitrogens with one attached hydrogen (secondary N) is 1. The molecule has 1 saturated heterocycles. The van der Waals surface area contributed by atoms with Crippen molar-refractivity contribution in [3.63, 3.8) is 0 Å². The smallest absolute Gasteiger partial charge is 0.280 e. The highest BCUT2D eigenvalue weighted by Gasteiger charge is 2.35. The number of fused-ring (bicyclic) bond motifs is 1. The maximum Gasteiger partial charge on any atom is 0.280 e. The molecule has 104 valence electrons. The van der Waals surface area contributed by atoms with Gasteiger partial charge in [-0.15, -0.1) is 0 Å². The number of carbonyl (C=O) groups is 1. The van der Waals surface area contributed by atoms with Gasteiger partial charge >= 0.3 is 0 Å². The van der Waals surface area contributed by atoms with Crippen LogP contribution in [-0.2, 0) is 21.5 Å². The predicted molar refractivity (Wildman–Crippen MR) is 76.3 cm³/mol. The summed E-state index contributed by atoms with van der Waals surface area (Å²) in [5.74, 6) is 0. The molecule has 0 saturated carbocycles. The normalized spacial score (nSPS) is 22.1. The number of carbonyl (C=O) groups excluding carboxylic acids is 1. The van der Waals surface area contributed by atoms with Crippen LogP contribution >= 0.6 is 0 Å². The molecule has 1 unspecified atom stereocenters. The first-order chi connectivity index (χ1) is 9.60. The lowest BCUT2D eigenvalue weighted by atomic mass is 10.0. The molecule has 0 bridgehead atoms. The quantitative estimate of drug-likeness (QED) is 0.860. The van der Waals surface area contributed by atoms with E-state index >= 15 is 0 Å². The molecule has 0 spiro atoms. The van der Waals surface area contributed by atoms with Crippen molar-refractivity contribution in [1.29, 1.82) is 0 Å². The lowest BCUT2D eigenvalue weighted by Crippen LogP contribution is -2.30. The zero-order valence-corrected chi connectivity index (χ0v) is 11.5. The van der Waals surface area contributed by atoms with Crippen LogP contribution in [-0.4, -0.2) is 31.6 Å². The summed E-state index contributed by atoms with van der Waals surface area (Å²) in [7, 11) is -3.56. The Bertz CT molecular complexity index is 753. The van der Waals surface area contributed by atoms with E-state index < -0.39 is 16.3 Å². The highest BCUT2D eigenvalue weighted by Crippen LogP contribution is 2.22. The van der Waals surface area contributed by atoms with Gasteiger partial charge in [0.05, 0.1) is 6.04 Å². The maximum absolute atomic E-state index is 11.9. The monoisotopic (exact) mass is 290 g/mol. The zero-order chi connectivity index (χ0) is 14.2. The lowest BCUT2D eigenvalue weighted by molar-refractivity contribution is -0.109. The molecule has 0 radical (unpaired) electrons. The number of hydrogen-bond donors (Lipinski definition) is 1. The van der Waals surface area contributed by atoms with Crippen molar-refractivity contribution >= 4 is 27.3 Å². The Hall–Kier alpha value is -1.76. The summed E-state index contributed by atoms with van der Waals surface area (Å²) in [4.78, 5) is 10.8. The molecule has 2 aromatic carbocycles. The van der Waals surface area contributed by atoms with Gasteiger partial charge < -0.3 is 4.79 Å². The molecule has 1 aliphatic heterocycles. The topological polar surface area (TPSA) is 66.5 Å². The van der Waals surface area contributed by atoms with E-state index in [4.69, 9.17) is 0 Å². The van der Waals surface area contributed by atoms with Crippen molar-refractivity contribution < 1.29 is 13.2 Å². The van der Waals surface area contributed by atoms with Crippen LogP contribution < -0.4 is 4.72 Å². The van der Waals surface area contributed by atoms with E-state index in [2.05, 4.69) is 4.72 Å². The number of nitrogens with zero attached hydrogens (tertiary/aromatic N) is 1. The molecule has 3 rings (SSSR count). The minimum Gasteiger partial charge on any atom is -0.302 e. The second-order valence-corrected chi connectivity index (χ2v) is 6.50. The summed E-state index contributed by atoms with van der Waals surface area (Å²) in [6, 6.07) is 13.0. The molecule has 0 aliphatic carbocycles. The lowest BCUT2D eigenvalue weighted by Gasteiger charge is -2.14. The van der Waals surface area contributed by atoms with Crippen molar-refractivity contribution in [2.24, 2.45) is 0 Å². The van der Waals surface area contributed by atoms with E-state index in [1.807, 2.05) is 42.5 Å². The minimum atomic E-state index is -3.56. The number of hydrogen-bond acceptors (Lipinski definition) is 3. The third-order valence-electron chi connectivity index (χ3n) is 3.43. The molecule has 0 amide bonds. The fraction of sp³-hybridized carbons (Fsp3) is 0.214. The summed E-state index contributed by atoms with van der Waals surface area (Å²) < 4.78 is 27.5. The number of benzene rings is 2. The Morgan fingerprint density at radius 2 is 1.95 bits per heavy atom. The van der Waals surface area contributed by atoms with Crippen molar-refractivity contribution in [3.8, 4) is 0 Å². The predicted octanol–water partition coefficient (Wildman–Crippen LogP) is 1.06. The van der Waals surface area contributed by atoms with Gasteiger partial charge in [0.15, 0.2) is 0 Å². The van der Waals surface area contributed by atoms with Crippen LogP contribution in [0.25, 0.3) is 10.8 Å². The van der Waals surface area contributed by atoms with Crippen LogP contribution in [0.4, 0.5) is 0 Å². The van der Waals surface area contributed by atoms with Crippen LogP contribution in [0.2, 0.25) is 0 Å². The molecule has 1 aliphatic rings. The van der Waals surface area contributed by atoms with E-state index in [0.29, 0.717) is 6.29 Å². The van der Waals surface area contributed by atoms with E-state index in [1.54, 1.807) is 0 Å². The molecular formula is C14H14N2O3S. The maximum atomic E-state index is 11.9. The average molecular weight is 290 g/mol. The van der Waals surface area contributed by atoms with Gasteiger partial charge in [-0.3, -0.25) is 0 Å². The van der Waals surface area contributed by atoms with Gasteiger partial charge in [0.1, 0.15) is 6.29 Å². The largest absolute Gasteiger partial charge is 0.302 e. The minimum absolute atomic E-state index is 0.176. The number of rotatable bonds is 3. The second-order valence-electron chi connectivity index (χ2n) is 4.80. The molecule has 0 aromatic heterocycles. The molecule has 1 atom stereocenters. The number of aldehydes is 1. The van der Waals surface area contributed by atoms with Crippen molar-refractivity contribution in [3.05, 3.63) is 48.0 Å². The Balaban J connectivity index is 1.96. The van der Waals surface area contributed by atoms with Gasteiger partial charge in [-0.2, -0.15) is 17.4 Å². The van der Waals surface area contributed by atoms with E-state index in [-0.39, 0.29) is 13.1 Å². The average Bonchev–Trinajstić information content (AvgIpc) is 2.74. The summed E-state index contributed by atoms with van der Waals surface area (Å²) in [6.45, 7) is 0.441. The van der Waals surface area contributed by atoms with Gasteiger partial charge in [-0.05, 0) is 16.3 Å². The summed E-state index contributed by atoms with van der Waals surface area (Å²) in [5.41, 5.74) is 0.931. The summed E-state index contributed by atoms with van der Waals surface area (Å²) in [5, 5.41) is 2.10. The third kappa shape index (κ3) is 2.33. The standard InChI is InChI=1S/C14H14N2O3S/c17-10-13-9-16(20(18,19)15-13)8-12-6-3-5-11-4-1-2-7-14(11)12/h1-7,10,13,15H,8-9H2. The highest BCUT2D eigenvalue weighted by molar-refractivity contribution is 7.87. The first-order valence-electron chi connectivity index (χ1n) is 6.29. The van der Waals surface area contributed by atoms with Gasteiger partial charge in [0, 0.05) is 13.1 Å². The van der Waals surface area contributed by atoms with E-state index in [1.165, 1.54) is 4.31 Å². The molecule has 20 heavy (non-hydrogen) atoms. The Labute approximate surface area is 117 Å². The first-order valence-corrected chi connectivity index (χ1v) is 7.73. The fourth-order valence-electron chi connectivity index (χ4n) is 2.46. The Kier molecular flexibility index (Phi) is 3.29. The molecule has 1 fully saturated rings. The SMILES string of the molecule is O=CC1CN(Cc2cccc3ccccc23)S(=O)(=O)N1. The molecule has 1 N–H and O–H groups in total. The van der Waals surface area contributed by atoms with Gasteiger partial charge in [0.2, 0.25) is 0 Å².